The molecule has 5 nitrogen and oxygen atoms in total. The molecule has 0 saturated carbocycles. The van der Waals surface area contributed by atoms with Gasteiger partial charge < -0.3 is 20.3 Å². The minimum Gasteiger partial charge on any atom is -0.383 e. The van der Waals surface area contributed by atoms with Gasteiger partial charge in [-0.3, -0.25) is 4.79 Å². The molecule has 0 aromatic heterocycles. The van der Waals surface area contributed by atoms with Gasteiger partial charge in [-0.25, -0.2) is 0 Å². The second-order valence-corrected chi connectivity index (χ2v) is 3.32. The van der Waals surface area contributed by atoms with Gasteiger partial charge >= 0.3 is 0 Å². The highest BCUT2D eigenvalue weighted by Crippen LogP contribution is 1.71. The van der Waals surface area contributed by atoms with E-state index in [4.69, 9.17) is 4.74 Å². The van der Waals surface area contributed by atoms with E-state index >= 15 is 0 Å². The third-order valence-electron chi connectivity index (χ3n) is 1.65. The molecule has 2 N–H and O–H groups in total. The molecule has 0 aromatic rings. The summed E-state index contributed by atoms with van der Waals surface area (Å²) in [6.07, 6.45) is 0. The van der Waals surface area contributed by atoms with Gasteiger partial charge in [0, 0.05) is 26.7 Å². The van der Waals surface area contributed by atoms with E-state index in [2.05, 4.69) is 10.6 Å². The summed E-state index contributed by atoms with van der Waals surface area (Å²) in [7, 11) is 5.59. The summed E-state index contributed by atoms with van der Waals surface area (Å²) < 4.78 is 4.84. The second-order valence-electron chi connectivity index (χ2n) is 3.32. The highest BCUT2D eigenvalue weighted by Gasteiger charge is 1.98. The molecule has 1 amide bonds. The van der Waals surface area contributed by atoms with Gasteiger partial charge in [-0.2, -0.15) is 0 Å². The van der Waals surface area contributed by atoms with Crippen molar-refractivity contribution in [2.24, 2.45) is 0 Å². The summed E-state index contributed by atoms with van der Waals surface area (Å²) >= 11 is 0. The van der Waals surface area contributed by atoms with Crippen molar-refractivity contribution in [2.75, 3.05) is 54.0 Å². The van der Waals surface area contributed by atoms with E-state index in [-0.39, 0.29) is 18.3 Å². The zero-order valence-corrected chi connectivity index (χ0v) is 10.5. The highest BCUT2D eigenvalue weighted by molar-refractivity contribution is 5.85. The van der Waals surface area contributed by atoms with Crippen molar-refractivity contribution in [2.45, 2.75) is 0 Å². The zero-order chi connectivity index (χ0) is 10.8. The smallest absolute Gasteiger partial charge is 0.234 e. The van der Waals surface area contributed by atoms with Crippen molar-refractivity contribution in [1.82, 2.24) is 15.5 Å². The summed E-state index contributed by atoms with van der Waals surface area (Å²) in [5, 5.41) is 5.78. The molecule has 0 aromatic carbocycles. The lowest BCUT2D eigenvalue weighted by Crippen LogP contribution is -2.38. The van der Waals surface area contributed by atoms with E-state index < -0.39 is 0 Å². The number of hydrogen-bond donors (Lipinski definition) is 2. The van der Waals surface area contributed by atoms with E-state index in [0.29, 0.717) is 26.2 Å². The highest BCUT2D eigenvalue weighted by atomic mass is 35.5. The van der Waals surface area contributed by atoms with E-state index in [1.165, 1.54) is 0 Å². The lowest BCUT2D eigenvalue weighted by atomic mass is 10.5. The Kier molecular flexibility index (Phi) is 13.3. The fourth-order valence-electron chi connectivity index (χ4n) is 0.858. The summed E-state index contributed by atoms with van der Waals surface area (Å²) in [5.74, 6) is 0.0305. The first-order valence-electron chi connectivity index (χ1n) is 4.78. The molecular weight excluding hydrogens is 218 g/mol. The van der Waals surface area contributed by atoms with Gasteiger partial charge in [0.25, 0.3) is 0 Å². The predicted octanol–water partition coefficient (Wildman–Crippen LogP) is -0.678. The Bertz CT molecular complexity index is 156. The average Bonchev–Trinajstić information content (AvgIpc) is 2.12. The maximum absolute atomic E-state index is 11.2. The molecule has 0 aliphatic rings. The maximum Gasteiger partial charge on any atom is 0.234 e. The number of amides is 1. The van der Waals surface area contributed by atoms with Gasteiger partial charge in [0.1, 0.15) is 0 Å². The van der Waals surface area contributed by atoms with Crippen LogP contribution in [0, 0.1) is 0 Å². The number of nitrogens with zero attached hydrogens (tertiary/aromatic N) is 1. The quantitative estimate of drug-likeness (QED) is 0.552. The van der Waals surface area contributed by atoms with Gasteiger partial charge in [-0.15, -0.1) is 12.4 Å². The monoisotopic (exact) mass is 239 g/mol. The van der Waals surface area contributed by atoms with Gasteiger partial charge in [0.2, 0.25) is 5.91 Å². The minimum absolute atomic E-state index is 0. The standard InChI is InChI=1S/C9H21N3O2.ClH/c1-12(2)6-4-11-9(13)8-10-5-7-14-3;/h10H,4-8H2,1-3H3,(H,11,13);1H. The summed E-state index contributed by atoms with van der Waals surface area (Å²) in [6, 6.07) is 0. The molecule has 0 rings (SSSR count). The number of ether oxygens (including phenoxy) is 1. The van der Waals surface area contributed by atoms with Crippen molar-refractivity contribution >= 4 is 18.3 Å². The lowest BCUT2D eigenvalue weighted by molar-refractivity contribution is -0.120. The number of carbonyl (C=O) groups is 1. The van der Waals surface area contributed by atoms with Crippen LogP contribution in [0.25, 0.3) is 0 Å². The Morgan fingerprint density at radius 1 is 1.33 bits per heavy atom. The van der Waals surface area contributed by atoms with Crippen molar-refractivity contribution in [3.05, 3.63) is 0 Å². The van der Waals surface area contributed by atoms with Crippen molar-refractivity contribution in [3.8, 4) is 0 Å². The number of nitrogens with one attached hydrogen (secondary N) is 2. The number of rotatable bonds is 8. The van der Waals surface area contributed by atoms with Crippen LogP contribution in [0.3, 0.4) is 0 Å². The third-order valence-corrected chi connectivity index (χ3v) is 1.65. The fraction of sp³-hybridized carbons (Fsp3) is 0.889. The number of likely N-dealkylation sites (N-methyl/N-ethyl adjacent to an activating group) is 1. The van der Waals surface area contributed by atoms with Crippen LogP contribution in [-0.4, -0.2) is 64.8 Å². The van der Waals surface area contributed by atoms with Crippen LogP contribution in [0.4, 0.5) is 0 Å². The molecule has 0 aliphatic carbocycles. The largest absolute Gasteiger partial charge is 0.383 e. The Morgan fingerprint density at radius 2 is 2.00 bits per heavy atom. The average molecular weight is 240 g/mol. The van der Waals surface area contributed by atoms with Crippen LogP contribution < -0.4 is 10.6 Å². The molecule has 0 radical (unpaired) electrons. The Labute approximate surface area is 97.9 Å². The minimum atomic E-state index is 0. The summed E-state index contributed by atoms with van der Waals surface area (Å²) in [5.41, 5.74) is 0. The summed E-state index contributed by atoms with van der Waals surface area (Å²) in [6.45, 7) is 3.25. The molecule has 0 aliphatic heterocycles. The van der Waals surface area contributed by atoms with E-state index in [0.717, 1.165) is 6.54 Å². The molecule has 0 atom stereocenters. The molecule has 0 saturated heterocycles. The third kappa shape index (κ3) is 13.6. The predicted molar refractivity (Wildman–Crippen MR) is 63.6 cm³/mol. The normalized spacial score (nSPS) is 9.87. The maximum atomic E-state index is 11.2. The number of carbonyl (C=O) groups excluding carboxylic acids is 1. The summed E-state index contributed by atoms with van der Waals surface area (Å²) in [4.78, 5) is 13.2. The number of methoxy groups -OCH3 is 1. The Balaban J connectivity index is 0. The topological polar surface area (TPSA) is 53.6 Å². The van der Waals surface area contributed by atoms with Crippen LogP contribution in [0.15, 0.2) is 0 Å². The molecule has 0 heterocycles. The van der Waals surface area contributed by atoms with Crippen LogP contribution in [0.5, 0.6) is 0 Å². The van der Waals surface area contributed by atoms with Crippen molar-refractivity contribution in [1.29, 1.82) is 0 Å². The number of halogens is 1. The molecule has 92 valence electrons. The first-order chi connectivity index (χ1) is 6.66. The lowest BCUT2D eigenvalue weighted by Gasteiger charge is -2.10. The zero-order valence-electron chi connectivity index (χ0n) is 9.71. The molecular formula is C9H22ClN3O2. The van der Waals surface area contributed by atoms with Crippen LogP contribution in [0.2, 0.25) is 0 Å². The molecule has 0 unspecified atom stereocenters. The first-order valence-corrected chi connectivity index (χ1v) is 4.78. The second kappa shape index (κ2) is 11.7. The van der Waals surface area contributed by atoms with Gasteiger partial charge in [0.05, 0.1) is 13.2 Å². The fourth-order valence-corrected chi connectivity index (χ4v) is 0.858. The molecule has 0 spiro atoms. The Hall–Kier alpha value is -0.360. The van der Waals surface area contributed by atoms with Crippen LogP contribution in [0.1, 0.15) is 0 Å². The van der Waals surface area contributed by atoms with Crippen LogP contribution >= 0.6 is 12.4 Å². The van der Waals surface area contributed by atoms with E-state index in [1.54, 1.807) is 7.11 Å². The van der Waals surface area contributed by atoms with Crippen LogP contribution in [-0.2, 0) is 9.53 Å². The first kappa shape index (κ1) is 17.0. The molecule has 0 fully saturated rings. The van der Waals surface area contributed by atoms with Crippen molar-refractivity contribution in [3.63, 3.8) is 0 Å². The SMILES string of the molecule is COCCNCC(=O)NCCN(C)C.Cl. The molecule has 6 heteroatoms. The van der Waals surface area contributed by atoms with Gasteiger partial charge in [-0.1, -0.05) is 0 Å². The molecule has 0 bridgehead atoms. The van der Waals surface area contributed by atoms with Gasteiger partial charge in [0.15, 0.2) is 0 Å². The molecule has 15 heavy (non-hydrogen) atoms. The Morgan fingerprint density at radius 3 is 2.53 bits per heavy atom. The van der Waals surface area contributed by atoms with E-state index in [1.807, 2.05) is 19.0 Å². The van der Waals surface area contributed by atoms with Crippen molar-refractivity contribution < 1.29 is 9.53 Å². The van der Waals surface area contributed by atoms with E-state index in [9.17, 15) is 4.79 Å². The number of hydrogen-bond acceptors (Lipinski definition) is 4. The van der Waals surface area contributed by atoms with Gasteiger partial charge in [-0.05, 0) is 14.1 Å².